The van der Waals surface area contributed by atoms with Gasteiger partial charge in [0.05, 0.1) is 5.52 Å². The normalized spacial score (nSPS) is 16.8. The number of rotatable bonds is 4. The van der Waals surface area contributed by atoms with Gasteiger partial charge in [0, 0.05) is 30.7 Å². The second-order valence-corrected chi connectivity index (χ2v) is 6.83. The number of nitrogens with zero attached hydrogens (tertiary/aromatic N) is 2. The van der Waals surface area contributed by atoms with Crippen LogP contribution in [0.25, 0.3) is 10.9 Å². The van der Waals surface area contributed by atoms with Gasteiger partial charge >= 0.3 is 6.03 Å². The molecule has 1 aromatic heterocycles. The molecule has 0 bridgehead atoms. The fraction of sp³-hybridized carbons (Fsp3) is 0.273. The quantitative estimate of drug-likeness (QED) is 0.772. The molecule has 0 radical (unpaired) electrons. The lowest BCUT2D eigenvalue weighted by molar-refractivity contribution is 0.192. The van der Waals surface area contributed by atoms with E-state index in [-0.39, 0.29) is 12.1 Å². The Kier molecular flexibility index (Phi) is 4.82. The van der Waals surface area contributed by atoms with Crippen molar-refractivity contribution in [3.8, 4) is 0 Å². The first-order valence-electron chi connectivity index (χ1n) is 9.22. The molecule has 1 aliphatic rings. The molecule has 1 N–H and O–H groups in total. The molecule has 1 fully saturated rings. The van der Waals surface area contributed by atoms with Gasteiger partial charge in [-0.05, 0) is 36.5 Å². The zero-order valence-electron chi connectivity index (χ0n) is 14.8. The minimum Gasteiger partial charge on any atom is -0.334 e. The monoisotopic (exact) mass is 345 g/mol. The molecule has 0 spiro atoms. The van der Waals surface area contributed by atoms with Crippen LogP contribution in [0.5, 0.6) is 0 Å². The number of likely N-dealkylation sites (tertiary alicyclic amines) is 1. The highest BCUT2D eigenvalue weighted by molar-refractivity contribution is 5.82. The summed E-state index contributed by atoms with van der Waals surface area (Å²) in [5, 5.41) is 4.20. The third-order valence-corrected chi connectivity index (χ3v) is 5.10. The molecule has 1 aliphatic heterocycles. The molecule has 26 heavy (non-hydrogen) atoms. The van der Waals surface area contributed by atoms with Crippen LogP contribution in [0.3, 0.4) is 0 Å². The van der Waals surface area contributed by atoms with Crippen molar-refractivity contribution in [2.75, 3.05) is 6.54 Å². The smallest absolute Gasteiger partial charge is 0.317 e. The molecule has 132 valence electrons. The van der Waals surface area contributed by atoms with Gasteiger partial charge in [0.2, 0.25) is 0 Å². The van der Waals surface area contributed by atoms with Crippen molar-refractivity contribution in [2.24, 2.45) is 0 Å². The Morgan fingerprint density at radius 1 is 1.08 bits per heavy atom. The Bertz CT molecular complexity index is 889. The van der Waals surface area contributed by atoms with Crippen LogP contribution in [-0.4, -0.2) is 28.5 Å². The first-order valence-corrected chi connectivity index (χ1v) is 9.22. The van der Waals surface area contributed by atoms with E-state index in [1.54, 1.807) is 6.20 Å². The SMILES string of the molecule is O=C(NCc1cccc2cccnc12)N1CCC[C@H]1Cc1ccccc1. The van der Waals surface area contributed by atoms with Gasteiger partial charge in [-0.15, -0.1) is 0 Å². The van der Waals surface area contributed by atoms with Crippen molar-refractivity contribution < 1.29 is 4.79 Å². The Balaban J connectivity index is 1.42. The second kappa shape index (κ2) is 7.56. The van der Waals surface area contributed by atoms with Gasteiger partial charge in [0.1, 0.15) is 0 Å². The van der Waals surface area contributed by atoms with Gasteiger partial charge in [-0.3, -0.25) is 4.98 Å². The molecule has 4 nitrogen and oxygen atoms in total. The van der Waals surface area contributed by atoms with E-state index in [0.29, 0.717) is 6.54 Å². The average molecular weight is 345 g/mol. The lowest BCUT2D eigenvalue weighted by Gasteiger charge is -2.25. The van der Waals surface area contributed by atoms with E-state index in [2.05, 4.69) is 34.6 Å². The average Bonchev–Trinajstić information content (AvgIpc) is 3.15. The van der Waals surface area contributed by atoms with Crippen molar-refractivity contribution in [2.45, 2.75) is 31.8 Å². The fourth-order valence-electron chi connectivity index (χ4n) is 3.78. The van der Waals surface area contributed by atoms with Crippen LogP contribution in [0.2, 0.25) is 0 Å². The van der Waals surface area contributed by atoms with Crippen LogP contribution in [0, 0.1) is 0 Å². The summed E-state index contributed by atoms with van der Waals surface area (Å²) in [5.74, 6) is 0. The third kappa shape index (κ3) is 3.54. The number of nitrogens with one attached hydrogen (secondary N) is 1. The summed E-state index contributed by atoms with van der Waals surface area (Å²) in [7, 11) is 0. The predicted molar refractivity (Wildman–Crippen MR) is 104 cm³/mol. The Morgan fingerprint density at radius 2 is 1.92 bits per heavy atom. The standard InChI is InChI=1S/C22H23N3O/c26-22(24-16-19-10-4-9-18-11-5-13-23-21(18)19)25-14-6-12-20(25)15-17-7-2-1-3-8-17/h1-5,7-11,13,20H,6,12,14-16H2,(H,24,26)/t20-/m0/s1. The van der Waals surface area contributed by atoms with Crippen LogP contribution in [-0.2, 0) is 13.0 Å². The molecule has 3 aromatic rings. The summed E-state index contributed by atoms with van der Waals surface area (Å²) in [6.45, 7) is 1.33. The summed E-state index contributed by atoms with van der Waals surface area (Å²) in [5.41, 5.74) is 3.29. The number of carbonyl (C=O) groups is 1. The number of pyridine rings is 1. The van der Waals surface area contributed by atoms with Crippen molar-refractivity contribution >= 4 is 16.9 Å². The number of amides is 2. The van der Waals surface area contributed by atoms with E-state index in [4.69, 9.17) is 0 Å². The largest absolute Gasteiger partial charge is 0.334 e. The maximum absolute atomic E-state index is 12.7. The van der Waals surface area contributed by atoms with E-state index < -0.39 is 0 Å². The van der Waals surface area contributed by atoms with E-state index in [0.717, 1.165) is 42.3 Å². The number of carbonyl (C=O) groups excluding carboxylic acids is 1. The van der Waals surface area contributed by atoms with E-state index >= 15 is 0 Å². The van der Waals surface area contributed by atoms with Crippen LogP contribution in [0.15, 0.2) is 66.9 Å². The number of fused-ring (bicyclic) bond motifs is 1. The first kappa shape index (κ1) is 16.6. The Morgan fingerprint density at radius 3 is 2.81 bits per heavy atom. The van der Waals surface area contributed by atoms with E-state index in [9.17, 15) is 4.79 Å². The van der Waals surface area contributed by atoms with Crippen molar-refractivity contribution in [1.82, 2.24) is 15.2 Å². The van der Waals surface area contributed by atoms with Crippen LogP contribution in [0.4, 0.5) is 4.79 Å². The number of hydrogen-bond acceptors (Lipinski definition) is 2. The van der Waals surface area contributed by atoms with Crippen molar-refractivity contribution in [1.29, 1.82) is 0 Å². The van der Waals surface area contributed by atoms with Crippen LogP contribution >= 0.6 is 0 Å². The summed E-state index contributed by atoms with van der Waals surface area (Å²) in [6.07, 6.45) is 4.85. The van der Waals surface area contributed by atoms with Crippen LogP contribution in [0.1, 0.15) is 24.0 Å². The molecule has 0 unspecified atom stereocenters. The number of hydrogen-bond donors (Lipinski definition) is 1. The van der Waals surface area contributed by atoms with Gasteiger partial charge in [-0.25, -0.2) is 4.79 Å². The molecule has 1 atom stereocenters. The molecule has 1 saturated heterocycles. The zero-order chi connectivity index (χ0) is 17.8. The molecular weight excluding hydrogens is 322 g/mol. The number of urea groups is 1. The highest BCUT2D eigenvalue weighted by atomic mass is 16.2. The van der Waals surface area contributed by atoms with Crippen molar-refractivity contribution in [3.05, 3.63) is 78.0 Å². The lowest BCUT2D eigenvalue weighted by Crippen LogP contribution is -2.43. The third-order valence-electron chi connectivity index (χ3n) is 5.10. The van der Waals surface area contributed by atoms with E-state index in [1.807, 2.05) is 41.3 Å². The maximum Gasteiger partial charge on any atom is 0.317 e. The van der Waals surface area contributed by atoms with Gasteiger partial charge in [-0.1, -0.05) is 54.6 Å². The minimum atomic E-state index is 0.0244. The summed E-state index contributed by atoms with van der Waals surface area (Å²) in [6, 6.07) is 20.8. The van der Waals surface area contributed by atoms with Gasteiger partial charge in [0.25, 0.3) is 0 Å². The number of para-hydroxylation sites is 1. The Hall–Kier alpha value is -2.88. The fourth-order valence-corrected chi connectivity index (χ4v) is 3.78. The number of benzene rings is 2. The molecular formula is C22H23N3O. The Labute approximate surface area is 153 Å². The van der Waals surface area contributed by atoms with E-state index in [1.165, 1.54) is 5.56 Å². The van der Waals surface area contributed by atoms with Gasteiger partial charge < -0.3 is 10.2 Å². The summed E-state index contributed by atoms with van der Waals surface area (Å²) >= 11 is 0. The second-order valence-electron chi connectivity index (χ2n) is 6.83. The summed E-state index contributed by atoms with van der Waals surface area (Å²) in [4.78, 5) is 19.2. The number of aromatic nitrogens is 1. The van der Waals surface area contributed by atoms with Crippen LogP contribution < -0.4 is 5.32 Å². The molecule has 2 amide bonds. The zero-order valence-corrected chi connectivity index (χ0v) is 14.8. The first-order chi connectivity index (χ1) is 12.8. The minimum absolute atomic E-state index is 0.0244. The summed E-state index contributed by atoms with van der Waals surface area (Å²) < 4.78 is 0. The highest BCUT2D eigenvalue weighted by Crippen LogP contribution is 2.22. The van der Waals surface area contributed by atoms with Gasteiger partial charge in [-0.2, -0.15) is 0 Å². The molecule has 4 heteroatoms. The molecule has 2 aromatic carbocycles. The molecule has 2 heterocycles. The van der Waals surface area contributed by atoms with Gasteiger partial charge in [0.15, 0.2) is 0 Å². The van der Waals surface area contributed by atoms with Crippen molar-refractivity contribution in [3.63, 3.8) is 0 Å². The predicted octanol–water partition coefficient (Wildman–Crippen LogP) is 4.15. The molecule has 0 aliphatic carbocycles. The molecule has 0 saturated carbocycles. The highest BCUT2D eigenvalue weighted by Gasteiger charge is 2.28. The maximum atomic E-state index is 12.7. The molecule has 4 rings (SSSR count). The lowest BCUT2D eigenvalue weighted by atomic mass is 10.0. The topological polar surface area (TPSA) is 45.2 Å².